The molecule has 4 rings (SSSR count). The topological polar surface area (TPSA) is 49.6 Å². The predicted octanol–water partition coefficient (Wildman–Crippen LogP) is 3.78. The maximum Gasteiger partial charge on any atom is 0.227 e. The molecule has 1 aliphatic rings. The maximum atomic E-state index is 12.9. The molecule has 1 fully saturated rings. The fourth-order valence-corrected chi connectivity index (χ4v) is 4.94. The van der Waals surface area contributed by atoms with Gasteiger partial charge in [0.2, 0.25) is 5.91 Å². The predicted molar refractivity (Wildman–Crippen MR) is 108 cm³/mol. The molecule has 0 spiro atoms. The molecule has 6 heteroatoms. The molecular formula is C21H25N3O2S. The van der Waals surface area contributed by atoms with Crippen molar-refractivity contribution in [3.05, 3.63) is 52.2 Å². The van der Waals surface area contributed by atoms with Crippen LogP contribution in [0.2, 0.25) is 0 Å². The first-order valence-electron chi connectivity index (χ1n) is 9.49. The normalized spacial score (nSPS) is 16.0. The van der Waals surface area contributed by atoms with Gasteiger partial charge in [0.05, 0.1) is 12.1 Å². The lowest BCUT2D eigenvalue weighted by atomic mass is 10.1. The van der Waals surface area contributed by atoms with Gasteiger partial charge in [-0.2, -0.15) is 0 Å². The number of hydrogen-bond acceptors (Lipinski definition) is 5. The molecule has 3 heterocycles. The third kappa shape index (κ3) is 4.06. The lowest BCUT2D eigenvalue weighted by Gasteiger charge is -2.21. The van der Waals surface area contributed by atoms with Gasteiger partial charge in [-0.05, 0) is 37.3 Å². The van der Waals surface area contributed by atoms with E-state index in [0.29, 0.717) is 6.42 Å². The number of aryl methyl sites for hydroxylation is 2. The van der Waals surface area contributed by atoms with Gasteiger partial charge in [0.1, 0.15) is 5.76 Å². The van der Waals surface area contributed by atoms with Crippen molar-refractivity contribution in [2.24, 2.45) is 0 Å². The zero-order valence-corrected chi connectivity index (χ0v) is 16.7. The Morgan fingerprint density at radius 3 is 2.81 bits per heavy atom. The molecule has 0 saturated carbocycles. The Hall–Kier alpha value is -2.18. The van der Waals surface area contributed by atoms with Crippen LogP contribution in [-0.2, 0) is 17.8 Å². The Morgan fingerprint density at radius 1 is 1.19 bits per heavy atom. The molecule has 1 aliphatic heterocycles. The number of benzene rings is 1. The van der Waals surface area contributed by atoms with Gasteiger partial charge >= 0.3 is 0 Å². The Labute approximate surface area is 163 Å². The largest absolute Gasteiger partial charge is 0.361 e. The van der Waals surface area contributed by atoms with Crippen LogP contribution in [0.3, 0.4) is 0 Å². The average molecular weight is 384 g/mol. The van der Waals surface area contributed by atoms with Crippen molar-refractivity contribution in [2.45, 2.75) is 33.2 Å². The van der Waals surface area contributed by atoms with Gasteiger partial charge in [-0.15, -0.1) is 11.3 Å². The fraction of sp³-hybridized carbons (Fsp3) is 0.429. The lowest BCUT2D eigenvalue weighted by molar-refractivity contribution is -0.130. The second-order valence-electron chi connectivity index (χ2n) is 7.26. The average Bonchev–Trinajstić information content (AvgIpc) is 3.10. The van der Waals surface area contributed by atoms with Gasteiger partial charge < -0.3 is 9.42 Å². The fourth-order valence-electron chi connectivity index (χ4n) is 3.74. The number of nitrogens with zero attached hydrogens (tertiary/aromatic N) is 3. The van der Waals surface area contributed by atoms with Crippen LogP contribution >= 0.6 is 11.3 Å². The van der Waals surface area contributed by atoms with E-state index in [1.54, 1.807) is 11.3 Å². The van der Waals surface area contributed by atoms with Crippen molar-refractivity contribution in [1.82, 2.24) is 15.0 Å². The van der Waals surface area contributed by atoms with Crippen molar-refractivity contribution in [3.8, 4) is 0 Å². The summed E-state index contributed by atoms with van der Waals surface area (Å²) in [6, 6.07) is 10.4. The van der Waals surface area contributed by atoms with Crippen LogP contribution in [0.15, 0.2) is 34.9 Å². The van der Waals surface area contributed by atoms with Crippen LogP contribution in [0.5, 0.6) is 0 Å². The van der Waals surface area contributed by atoms with Crippen LogP contribution in [0, 0.1) is 13.8 Å². The van der Waals surface area contributed by atoms with Gasteiger partial charge in [0, 0.05) is 48.4 Å². The van der Waals surface area contributed by atoms with Crippen LogP contribution in [-0.4, -0.2) is 47.0 Å². The third-order valence-corrected chi connectivity index (χ3v) is 6.53. The van der Waals surface area contributed by atoms with Crippen LogP contribution in [0.1, 0.15) is 28.3 Å². The van der Waals surface area contributed by atoms with E-state index >= 15 is 0 Å². The first kappa shape index (κ1) is 18.2. The van der Waals surface area contributed by atoms with Gasteiger partial charge in [-0.3, -0.25) is 9.69 Å². The summed E-state index contributed by atoms with van der Waals surface area (Å²) in [7, 11) is 0. The summed E-state index contributed by atoms with van der Waals surface area (Å²) in [6.07, 6.45) is 1.50. The minimum atomic E-state index is 0.240. The number of aromatic nitrogens is 1. The molecule has 1 aromatic carbocycles. The Morgan fingerprint density at radius 2 is 2.04 bits per heavy atom. The zero-order chi connectivity index (χ0) is 18.8. The van der Waals surface area contributed by atoms with E-state index < -0.39 is 0 Å². The molecule has 0 atom stereocenters. The van der Waals surface area contributed by atoms with Gasteiger partial charge in [-0.1, -0.05) is 23.4 Å². The molecule has 0 aliphatic carbocycles. The molecule has 142 valence electrons. The summed E-state index contributed by atoms with van der Waals surface area (Å²) in [6.45, 7) is 8.30. The SMILES string of the molecule is Cc1cc(CN2CCCN(C(=O)Cc3sc4ccccc4c3C)CC2)no1. The van der Waals surface area contributed by atoms with Crippen molar-refractivity contribution in [1.29, 1.82) is 0 Å². The van der Waals surface area contributed by atoms with E-state index in [1.807, 2.05) is 17.9 Å². The second-order valence-corrected chi connectivity index (χ2v) is 8.40. The first-order chi connectivity index (χ1) is 13.1. The molecular weight excluding hydrogens is 358 g/mol. The minimum Gasteiger partial charge on any atom is -0.361 e. The molecule has 1 amide bonds. The second kappa shape index (κ2) is 7.82. The van der Waals surface area contributed by atoms with E-state index in [0.717, 1.165) is 50.6 Å². The quantitative estimate of drug-likeness (QED) is 0.688. The van der Waals surface area contributed by atoms with E-state index in [1.165, 1.54) is 20.5 Å². The number of amides is 1. The Bertz CT molecular complexity index is 946. The number of carbonyl (C=O) groups excluding carboxylic acids is 1. The maximum absolute atomic E-state index is 12.9. The summed E-state index contributed by atoms with van der Waals surface area (Å²) < 4.78 is 6.43. The van der Waals surface area contributed by atoms with Crippen LogP contribution in [0.25, 0.3) is 10.1 Å². The van der Waals surface area contributed by atoms with Crippen molar-refractivity contribution in [3.63, 3.8) is 0 Å². The number of fused-ring (bicyclic) bond motifs is 1. The van der Waals surface area contributed by atoms with Crippen LogP contribution in [0.4, 0.5) is 0 Å². The zero-order valence-electron chi connectivity index (χ0n) is 15.9. The van der Waals surface area contributed by atoms with Crippen molar-refractivity contribution >= 4 is 27.3 Å². The van der Waals surface area contributed by atoms with E-state index in [2.05, 4.69) is 41.2 Å². The molecule has 3 aromatic rings. The molecule has 5 nitrogen and oxygen atoms in total. The van der Waals surface area contributed by atoms with E-state index in [9.17, 15) is 4.79 Å². The van der Waals surface area contributed by atoms with Crippen LogP contribution < -0.4 is 0 Å². The Balaban J connectivity index is 1.38. The van der Waals surface area contributed by atoms with Crippen molar-refractivity contribution < 1.29 is 9.32 Å². The standard InChI is InChI=1S/C21H25N3O2S/c1-15-12-17(22-26-15)14-23-8-5-9-24(11-10-23)21(25)13-20-16(2)18-6-3-4-7-19(18)27-20/h3-4,6-7,12H,5,8-11,13-14H2,1-2H3. The van der Waals surface area contributed by atoms with E-state index in [4.69, 9.17) is 4.52 Å². The minimum absolute atomic E-state index is 0.240. The highest BCUT2D eigenvalue weighted by atomic mass is 32.1. The first-order valence-corrected chi connectivity index (χ1v) is 10.3. The summed E-state index contributed by atoms with van der Waals surface area (Å²) in [5.41, 5.74) is 2.22. The summed E-state index contributed by atoms with van der Waals surface area (Å²) in [5, 5.41) is 5.36. The lowest BCUT2D eigenvalue weighted by Crippen LogP contribution is -2.36. The van der Waals surface area contributed by atoms with Gasteiger partial charge in [-0.25, -0.2) is 0 Å². The summed E-state index contributed by atoms with van der Waals surface area (Å²) in [5.74, 6) is 1.08. The molecule has 0 unspecified atom stereocenters. The van der Waals surface area contributed by atoms with Gasteiger partial charge in [0.15, 0.2) is 0 Å². The van der Waals surface area contributed by atoms with E-state index in [-0.39, 0.29) is 5.91 Å². The number of hydrogen-bond donors (Lipinski definition) is 0. The highest BCUT2D eigenvalue weighted by Gasteiger charge is 2.21. The Kier molecular flexibility index (Phi) is 5.27. The summed E-state index contributed by atoms with van der Waals surface area (Å²) in [4.78, 5) is 18.5. The monoisotopic (exact) mass is 383 g/mol. The smallest absolute Gasteiger partial charge is 0.227 e. The molecule has 2 aromatic heterocycles. The molecule has 0 N–H and O–H groups in total. The third-order valence-electron chi connectivity index (χ3n) is 5.26. The molecule has 0 bridgehead atoms. The number of carbonyl (C=O) groups is 1. The molecule has 1 saturated heterocycles. The highest BCUT2D eigenvalue weighted by Crippen LogP contribution is 2.31. The number of thiophene rings is 1. The highest BCUT2D eigenvalue weighted by molar-refractivity contribution is 7.19. The molecule has 27 heavy (non-hydrogen) atoms. The number of rotatable bonds is 4. The molecule has 0 radical (unpaired) electrons. The van der Waals surface area contributed by atoms with Gasteiger partial charge in [0.25, 0.3) is 0 Å². The summed E-state index contributed by atoms with van der Waals surface area (Å²) >= 11 is 1.75. The van der Waals surface area contributed by atoms with Crippen molar-refractivity contribution in [2.75, 3.05) is 26.2 Å².